The minimum Gasteiger partial charge on any atom is -0.369 e. The fourth-order valence-electron chi connectivity index (χ4n) is 5.35. The van der Waals surface area contributed by atoms with E-state index in [1.54, 1.807) is 0 Å². The predicted octanol–water partition coefficient (Wildman–Crippen LogP) is 5.74. The molecule has 1 N–H and O–H groups in total. The maximum absolute atomic E-state index is 13.2. The molecule has 6 heteroatoms. The second-order valence-electron chi connectivity index (χ2n) is 9.20. The van der Waals surface area contributed by atoms with Gasteiger partial charge in [0, 0.05) is 28.4 Å². The molecule has 1 saturated carbocycles. The lowest BCUT2D eigenvalue weighted by atomic mass is 9.83. The van der Waals surface area contributed by atoms with Gasteiger partial charge in [0.2, 0.25) is 0 Å². The average Bonchev–Trinajstić information content (AvgIpc) is 3.03. The number of unbranched alkanes of at least 4 members (excludes halogenated alkanes) is 2. The van der Waals surface area contributed by atoms with Crippen molar-refractivity contribution in [3.05, 3.63) is 40.5 Å². The Balaban J connectivity index is 1.53. The van der Waals surface area contributed by atoms with Crippen LogP contribution in [0.25, 0.3) is 0 Å². The van der Waals surface area contributed by atoms with Crippen molar-refractivity contribution in [1.29, 1.82) is 0 Å². The SMILES string of the molecule is C=CCCCCN1CCC2(CC1)C(NC1CCCCC1)=NC(=O)N2c1cccc(I)c1. The van der Waals surface area contributed by atoms with Crippen molar-refractivity contribution in [3.63, 3.8) is 0 Å². The van der Waals surface area contributed by atoms with Crippen molar-refractivity contribution in [1.82, 2.24) is 10.2 Å². The number of benzene rings is 1. The number of hydrogen-bond donors (Lipinski definition) is 1. The highest BCUT2D eigenvalue weighted by atomic mass is 127. The number of likely N-dealkylation sites (tertiary alicyclic amines) is 1. The molecule has 1 spiro atoms. The minimum atomic E-state index is -0.337. The quantitative estimate of drug-likeness (QED) is 0.276. The van der Waals surface area contributed by atoms with Gasteiger partial charge in [-0.05, 0) is 92.3 Å². The summed E-state index contributed by atoms with van der Waals surface area (Å²) in [5, 5.41) is 3.75. The van der Waals surface area contributed by atoms with Gasteiger partial charge in [0.1, 0.15) is 11.4 Å². The first-order chi connectivity index (χ1) is 15.1. The van der Waals surface area contributed by atoms with E-state index in [4.69, 9.17) is 0 Å². The summed E-state index contributed by atoms with van der Waals surface area (Å²) in [4.78, 5) is 22.4. The van der Waals surface area contributed by atoms with Gasteiger partial charge < -0.3 is 10.2 Å². The number of carbonyl (C=O) groups excluding carboxylic acids is 1. The summed E-state index contributed by atoms with van der Waals surface area (Å²) in [6.07, 6.45) is 13.6. The molecular weight excluding hydrogens is 499 g/mol. The summed E-state index contributed by atoms with van der Waals surface area (Å²) in [5.74, 6) is 0.926. The van der Waals surface area contributed by atoms with Crippen LogP contribution in [-0.4, -0.2) is 48.0 Å². The molecule has 2 fully saturated rings. The van der Waals surface area contributed by atoms with Crippen molar-refractivity contribution < 1.29 is 4.79 Å². The number of amidine groups is 1. The van der Waals surface area contributed by atoms with Crippen molar-refractivity contribution in [2.45, 2.75) is 75.8 Å². The summed E-state index contributed by atoms with van der Waals surface area (Å²) < 4.78 is 1.14. The molecule has 1 aromatic carbocycles. The average molecular weight is 534 g/mol. The summed E-state index contributed by atoms with van der Waals surface area (Å²) >= 11 is 2.33. The third-order valence-corrected chi connectivity index (χ3v) is 7.77. The zero-order valence-corrected chi connectivity index (χ0v) is 20.6. The molecule has 1 saturated heterocycles. The molecule has 0 atom stereocenters. The van der Waals surface area contributed by atoms with Gasteiger partial charge in [-0.15, -0.1) is 6.58 Å². The van der Waals surface area contributed by atoms with Crippen LogP contribution < -0.4 is 10.2 Å². The molecule has 2 heterocycles. The van der Waals surface area contributed by atoms with Crippen molar-refractivity contribution in [3.8, 4) is 0 Å². The number of aliphatic imine (C=N–C) groups is 1. The highest BCUT2D eigenvalue weighted by Gasteiger charge is 2.52. The fourth-order valence-corrected chi connectivity index (χ4v) is 5.88. The third-order valence-electron chi connectivity index (χ3n) is 7.10. The van der Waals surface area contributed by atoms with Crippen LogP contribution in [0.15, 0.2) is 41.9 Å². The second-order valence-corrected chi connectivity index (χ2v) is 10.4. The van der Waals surface area contributed by atoms with Gasteiger partial charge in [0.25, 0.3) is 0 Å². The molecule has 2 aliphatic heterocycles. The molecule has 0 radical (unpaired) electrons. The Labute approximate surface area is 200 Å². The molecule has 3 aliphatic rings. The number of hydrogen-bond acceptors (Lipinski definition) is 3. The molecule has 1 aliphatic carbocycles. The topological polar surface area (TPSA) is 47.9 Å². The van der Waals surface area contributed by atoms with Crippen molar-refractivity contribution in [2.24, 2.45) is 4.99 Å². The van der Waals surface area contributed by atoms with E-state index >= 15 is 0 Å². The van der Waals surface area contributed by atoms with Crippen LogP contribution in [0.1, 0.15) is 64.2 Å². The molecule has 0 unspecified atom stereocenters. The Kier molecular flexibility index (Phi) is 7.69. The lowest BCUT2D eigenvalue weighted by Gasteiger charge is -2.46. The van der Waals surface area contributed by atoms with Crippen LogP contribution in [0.3, 0.4) is 0 Å². The van der Waals surface area contributed by atoms with Crippen LogP contribution in [-0.2, 0) is 0 Å². The van der Waals surface area contributed by atoms with E-state index in [2.05, 4.69) is 62.6 Å². The van der Waals surface area contributed by atoms with Gasteiger partial charge in [-0.3, -0.25) is 4.90 Å². The second kappa shape index (κ2) is 10.5. The first-order valence-electron chi connectivity index (χ1n) is 11.9. The number of urea groups is 1. The standard InChI is InChI=1S/C25H35IN4O/c1-2-3-4-8-16-29-17-14-25(15-18-29)23(27-21-11-6-5-7-12-21)28-24(31)30(25)22-13-9-10-20(26)19-22/h2,9-10,13,19,21H,1,3-8,11-12,14-18H2,(H,27,28,31). The molecule has 5 nitrogen and oxygen atoms in total. The Morgan fingerprint density at radius 2 is 1.97 bits per heavy atom. The maximum Gasteiger partial charge on any atom is 0.350 e. The van der Waals surface area contributed by atoms with E-state index in [0.29, 0.717) is 6.04 Å². The van der Waals surface area contributed by atoms with Crippen LogP contribution >= 0.6 is 22.6 Å². The lowest BCUT2D eigenvalue weighted by Crippen LogP contribution is -2.62. The molecule has 168 valence electrons. The number of nitrogens with one attached hydrogen (secondary N) is 1. The smallest absolute Gasteiger partial charge is 0.350 e. The molecule has 1 aromatic rings. The Morgan fingerprint density at radius 3 is 2.68 bits per heavy atom. The number of halogens is 1. The molecule has 0 bridgehead atoms. The van der Waals surface area contributed by atoms with E-state index in [0.717, 1.165) is 54.0 Å². The number of piperidine rings is 1. The third kappa shape index (κ3) is 5.16. The van der Waals surface area contributed by atoms with Gasteiger partial charge in [0.05, 0.1) is 0 Å². The Hall–Kier alpha value is -1.41. The van der Waals surface area contributed by atoms with Crippen LogP contribution in [0.4, 0.5) is 10.5 Å². The van der Waals surface area contributed by atoms with Crippen molar-refractivity contribution in [2.75, 3.05) is 24.5 Å². The van der Waals surface area contributed by atoms with Gasteiger partial charge in [-0.1, -0.05) is 31.4 Å². The number of rotatable bonds is 7. The highest BCUT2D eigenvalue weighted by Crippen LogP contribution is 2.39. The first kappa shape index (κ1) is 22.8. The fraction of sp³-hybridized carbons (Fsp3) is 0.600. The van der Waals surface area contributed by atoms with Gasteiger partial charge in [0.15, 0.2) is 0 Å². The van der Waals surface area contributed by atoms with Crippen LogP contribution in [0, 0.1) is 3.57 Å². The summed E-state index contributed by atoms with van der Waals surface area (Å²) in [5.41, 5.74) is 0.636. The summed E-state index contributed by atoms with van der Waals surface area (Å²) in [7, 11) is 0. The van der Waals surface area contributed by atoms with E-state index in [1.165, 1.54) is 44.9 Å². The molecule has 0 aromatic heterocycles. The molecular formula is C25H35IN4O. The number of anilines is 1. The zero-order valence-electron chi connectivity index (χ0n) is 18.5. The largest absolute Gasteiger partial charge is 0.369 e. The first-order valence-corrected chi connectivity index (χ1v) is 13.0. The zero-order chi connectivity index (χ0) is 21.7. The Bertz CT molecular complexity index is 809. The Morgan fingerprint density at radius 1 is 1.19 bits per heavy atom. The summed E-state index contributed by atoms with van der Waals surface area (Å²) in [6, 6.07) is 8.62. The van der Waals surface area contributed by atoms with E-state index in [-0.39, 0.29) is 11.6 Å². The molecule has 4 rings (SSSR count). The van der Waals surface area contributed by atoms with Gasteiger partial charge in [-0.25, -0.2) is 4.79 Å². The van der Waals surface area contributed by atoms with E-state index in [1.807, 2.05) is 17.0 Å². The minimum absolute atomic E-state index is 0.111. The normalized spacial score (nSPS) is 22.0. The molecule has 2 amide bonds. The number of nitrogens with zero attached hydrogens (tertiary/aromatic N) is 3. The van der Waals surface area contributed by atoms with Gasteiger partial charge in [-0.2, -0.15) is 4.99 Å². The molecule has 31 heavy (non-hydrogen) atoms. The maximum atomic E-state index is 13.2. The van der Waals surface area contributed by atoms with Crippen molar-refractivity contribution >= 4 is 40.1 Å². The van der Waals surface area contributed by atoms with E-state index in [9.17, 15) is 4.79 Å². The highest BCUT2D eigenvalue weighted by molar-refractivity contribution is 14.1. The number of carbonyl (C=O) groups is 1. The number of allylic oxidation sites excluding steroid dienone is 1. The van der Waals surface area contributed by atoms with E-state index < -0.39 is 0 Å². The van der Waals surface area contributed by atoms with Gasteiger partial charge >= 0.3 is 6.03 Å². The van der Waals surface area contributed by atoms with Crippen LogP contribution in [0.2, 0.25) is 0 Å². The predicted molar refractivity (Wildman–Crippen MR) is 137 cm³/mol. The van der Waals surface area contributed by atoms with Crippen LogP contribution in [0.5, 0.6) is 0 Å². The summed E-state index contributed by atoms with van der Waals surface area (Å²) in [6.45, 7) is 6.97. The monoisotopic (exact) mass is 534 g/mol. The number of amides is 2. The lowest BCUT2D eigenvalue weighted by molar-refractivity contribution is 0.185.